The second-order valence-electron chi connectivity index (χ2n) is 3.49. The van der Waals surface area contributed by atoms with Gasteiger partial charge in [-0.15, -0.1) is 0 Å². The lowest BCUT2D eigenvalue weighted by atomic mass is 10.3. The molecule has 0 aromatic carbocycles. The highest BCUT2D eigenvalue weighted by Crippen LogP contribution is 2.27. The summed E-state index contributed by atoms with van der Waals surface area (Å²) in [7, 11) is 1.81. The number of likely N-dealkylation sites (N-methyl/N-ethyl adjacent to an activating group) is 1. The lowest BCUT2D eigenvalue weighted by Gasteiger charge is -2.25. The molecule has 0 saturated carbocycles. The highest BCUT2D eigenvalue weighted by Gasteiger charge is 2.16. The zero-order valence-electron chi connectivity index (χ0n) is 9.84. The van der Waals surface area contributed by atoms with Gasteiger partial charge in [-0.25, -0.2) is 4.98 Å². The number of ether oxygens (including phenoxy) is 1. The smallest absolute Gasteiger partial charge is 0.242 e. The number of hydrogen-bond donors (Lipinski definition) is 2. The van der Waals surface area contributed by atoms with Crippen LogP contribution in [-0.4, -0.2) is 41.4 Å². The van der Waals surface area contributed by atoms with Crippen molar-refractivity contribution >= 4 is 11.5 Å². The van der Waals surface area contributed by atoms with Gasteiger partial charge in [0.05, 0.1) is 19.3 Å². The lowest BCUT2D eigenvalue weighted by molar-refractivity contribution is 0.269. The number of hydrogen-bond acceptors (Lipinski definition) is 6. The summed E-state index contributed by atoms with van der Waals surface area (Å²) in [6, 6.07) is -0.0633. The van der Waals surface area contributed by atoms with Crippen molar-refractivity contribution in [3.05, 3.63) is 6.33 Å². The van der Waals surface area contributed by atoms with E-state index in [1.54, 1.807) is 4.90 Å². The fourth-order valence-corrected chi connectivity index (χ4v) is 1.23. The molecular weight excluding hydrogens is 208 g/mol. The summed E-state index contributed by atoms with van der Waals surface area (Å²) < 4.78 is 5.28. The Morgan fingerprint density at radius 1 is 1.56 bits per heavy atom. The summed E-state index contributed by atoms with van der Waals surface area (Å²) in [5.74, 6) is 0.949. The van der Waals surface area contributed by atoms with Crippen LogP contribution in [0.15, 0.2) is 6.33 Å². The topological polar surface area (TPSA) is 84.5 Å². The number of nitrogen functional groups attached to an aromatic ring is 1. The van der Waals surface area contributed by atoms with Crippen molar-refractivity contribution in [2.24, 2.45) is 0 Å². The van der Waals surface area contributed by atoms with Gasteiger partial charge in [-0.3, -0.25) is 0 Å². The molecular formula is C10H18N4O2. The third-order valence-electron chi connectivity index (χ3n) is 2.37. The van der Waals surface area contributed by atoms with E-state index in [1.807, 2.05) is 20.9 Å². The molecule has 0 amide bonds. The molecule has 0 aliphatic carbocycles. The fraction of sp³-hybridized carbons (Fsp3) is 0.600. The largest absolute Gasteiger partial charge is 0.476 e. The van der Waals surface area contributed by atoms with E-state index in [0.717, 1.165) is 0 Å². The first-order valence-corrected chi connectivity index (χ1v) is 5.18. The van der Waals surface area contributed by atoms with Gasteiger partial charge in [0.15, 0.2) is 5.82 Å². The number of rotatable bonds is 5. The van der Waals surface area contributed by atoms with Crippen molar-refractivity contribution in [1.29, 1.82) is 0 Å². The van der Waals surface area contributed by atoms with Crippen molar-refractivity contribution in [2.45, 2.75) is 19.9 Å². The Morgan fingerprint density at radius 2 is 2.25 bits per heavy atom. The van der Waals surface area contributed by atoms with E-state index < -0.39 is 0 Å². The Balaban J connectivity index is 3.00. The van der Waals surface area contributed by atoms with E-state index in [4.69, 9.17) is 15.6 Å². The van der Waals surface area contributed by atoms with E-state index >= 15 is 0 Å². The van der Waals surface area contributed by atoms with Crippen LogP contribution in [0.1, 0.15) is 13.8 Å². The first kappa shape index (κ1) is 12.5. The molecule has 0 bridgehead atoms. The molecule has 6 heteroatoms. The predicted octanol–water partition coefficient (Wildman–Crippen LogP) is 0.274. The van der Waals surface area contributed by atoms with Gasteiger partial charge < -0.3 is 20.5 Å². The van der Waals surface area contributed by atoms with Crippen LogP contribution in [-0.2, 0) is 0 Å². The van der Waals surface area contributed by atoms with Crippen molar-refractivity contribution in [2.75, 3.05) is 30.9 Å². The van der Waals surface area contributed by atoms with E-state index in [0.29, 0.717) is 24.0 Å². The molecule has 1 rings (SSSR count). The summed E-state index contributed by atoms with van der Waals surface area (Å²) in [6.45, 7) is 4.27. The molecule has 0 radical (unpaired) electrons. The van der Waals surface area contributed by atoms with Crippen LogP contribution in [0.2, 0.25) is 0 Å². The second kappa shape index (κ2) is 5.50. The van der Waals surface area contributed by atoms with Crippen molar-refractivity contribution in [3.63, 3.8) is 0 Å². The fourth-order valence-electron chi connectivity index (χ4n) is 1.23. The number of nitrogens with two attached hydrogens (primary N) is 1. The Kier molecular flexibility index (Phi) is 4.30. The number of aliphatic hydroxyl groups excluding tert-OH is 1. The van der Waals surface area contributed by atoms with Gasteiger partial charge in [0.1, 0.15) is 12.0 Å². The molecule has 16 heavy (non-hydrogen) atoms. The average Bonchev–Trinajstić information content (AvgIpc) is 2.30. The molecule has 1 unspecified atom stereocenters. The van der Waals surface area contributed by atoms with Crippen LogP contribution >= 0.6 is 0 Å². The third-order valence-corrected chi connectivity index (χ3v) is 2.37. The van der Waals surface area contributed by atoms with Gasteiger partial charge >= 0.3 is 0 Å². The van der Waals surface area contributed by atoms with Gasteiger partial charge in [0, 0.05) is 7.05 Å². The molecule has 0 aliphatic rings. The molecule has 6 nitrogen and oxygen atoms in total. The molecule has 0 spiro atoms. The number of aromatic nitrogens is 2. The van der Waals surface area contributed by atoms with Gasteiger partial charge in [0.25, 0.3) is 0 Å². The molecule has 0 saturated heterocycles. The van der Waals surface area contributed by atoms with Crippen LogP contribution in [0, 0.1) is 0 Å². The first-order chi connectivity index (χ1) is 7.61. The monoisotopic (exact) mass is 226 g/mol. The van der Waals surface area contributed by atoms with Gasteiger partial charge in [0.2, 0.25) is 5.88 Å². The number of nitrogens with zero attached hydrogens (tertiary/aromatic N) is 3. The van der Waals surface area contributed by atoms with Gasteiger partial charge in [-0.1, -0.05) is 0 Å². The molecule has 1 atom stereocenters. The minimum atomic E-state index is -0.0633. The maximum absolute atomic E-state index is 9.07. The molecule has 0 aliphatic heterocycles. The Bertz CT molecular complexity index is 346. The van der Waals surface area contributed by atoms with Gasteiger partial charge in [-0.2, -0.15) is 4.98 Å². The standard InChI is InChI=1S/C10H18N4O2/c1-4-16-10-8(11)9(12-6-13-10)14(3)7(2)5-15/h6-7,15H,4-5,11H2,1-3H3. The van der Waals surface area contributed by atoms with E-state index in [9.17, 15) is 0 Å². The van der Waals surface area contributed by atoms with E-state index in [2.05, 4.69) is 9.97 Å². The molecule has 3 N–H and O–H groups in total. The number of aliphatic hydroxyl groups is 1. The molecule has 1 heterocycles. The zero-order chi connectivity index (χ0) is 12.1. The van der Waals surface area contributed by atoms with E-state index in [-0.39, 0.29) is 12.6 Å². The summed E-state index contributed by atoms with van der Waals surface area (Å²) in [5, 5.41) is 9.07. The minimum absolute atomic E-state index is 0.0317. The molecule has 1 aromatic rings. The highest BCUT2D eigenvalue weighted by molar-refractivity contribution is 5.67. The summed E-state index contributed by atoms with van der Waals surface area (Å²) in [4.78, 5) is 9.83. The minimum Gasteiger partial charge on any atom is -0.476 e. The lowest BCUT2D eigenvalue weighted by Crippen LogP contribution is -2.33. The Hall–Kier alpha value is -1.56. The van der Waals surface area contributed by atoms with Crippen LogP contribution in [0.3, 0.4) is 0 Å². The first-order valence-electron chi connectivity index (χ1n) is 5.18. The number of anilines is 2. The molecule has 1 aromatic heterocycles. The van der Waals surface area contributed by atoms with Crippen LogP contribution in [0.25, 0.3) is 0 Å². The maximum atomic E-state index is 9.07. The summed E-state index contributed by atoms with van der Waals surface area (Å²) in [5.41, 5.74) is 6.29. The third kappa shape index (κ3) is 2.52. The van der Waals surface area contributed by atoms with E-state index in [1.165, 1.54) is 6.33 Å². The summed E-state index contributed by atoms with van der Waals surface area (Å²) >= 11 is 0. The molecule has 0 fully saturated rings. The molecule has 90 valence electrons. The maximum Gasteiger partial charge on any atom is 0.242 e. The Labute approximate surface area is 95.1 Å². The predicted molar refractivity (Wildman–Crippen MR) is 62.6 cm³/mol. The van der Waals surface area contributed by atoms with Crippen molar-refractivity contribution in [1.82, 2.24) is 9.97 Å². The highest BCUT2D eigenvalue weighted by atomic mass is 16.5. The Morgan fingerprint density at radius 3 is 2.81 bits per heavy atom. The summed E-state index contributed by atoms with van der Waals surface area (Å²) in [6.07, 6.45) is 1.40. The second-order valence-corrected chi connectivity index (χ2v) is 3.49. The van der Waals surface area contributed by atoms with Crippen LogP contribution in [0.4, 0.5) is 11.5 Å². The van der Waals surface area contributed by atoms with Crippen LogP contribution in [0.5, 0.6) is 5.88 Å². The van der Waals surface area contributed by atoms with Crippen LogP contribution < -0.4 is 15.4 Å². The normalized spacial score (nSPS) is 12.2. The average molecular weight is 226 g/mol. The zero-order valence-corrected chi connectivity index (χ0v) is 9.84. The van der Waals surface area contributed by atoms with Crippen molar-refractivity contribution < 1.29 is 9.84 Å². The van der Waals surface area contributed by atoms with Crippen molar-refractivity contribution in [3.8, 4) is 5.88 Å². The SMILES string of the molecule is CCOc1ncnc(N(C)C(C)CO)c1N. The van der Waals surface area contributed by atoms with Gasteiger partial charge in [-0.05, 0) is 13.8 Å². The quantitative estimate of drug-likeness (QED) is 0.750.